The van der Waals surface area contributed by atoms with Crippen LogP contribution in [0.2, 0.25) is 0 Å². The van der Waals surface area contributed by atoms with Crippen LogP contribution in [0.5, 0.6) is 0 Å². The molecule has 2 atom stereocenters. The summed E-state index contributed by atoms with van der Waals surface area (Å²) >= 11 is 0. The first kappa shape index (κ1) is 19.7. The fourth-order valence-corrected chi connectivity index (χ4v) is 4.44. The summed E-state index contributed by atoms with van der Waals surface area (Å²) in [6.45, 7) is 1.86. The van der Waals surface area contributed by atoms with Crippen LogP contribution in [-0.2, 0) is 0 Å². The number of oxazole rings is 1. The molecule has 29 heavy (non-hydrogen) atoms. The Morgan fingerprint density at radius 1 is 1.00 bits per heavy atom. The summed E-state index contributed by atoms with van der Waals surface area (Å²) in [4.78, 5) is 20.1. The van der Waals surface area contributed by atoms with Gasteiger partial charge in [-0.1, -0.05) is 42.5 Å². The number of amides is 1. The van der Waals surface area contributed by atoms with Gasteiger partial charge in [0.05, 0.1) is 11.8 Å². The van der Waals surface area contributed by atoms with Crippen molar-refractivity contribution >= 4 is 18.3 Å². The van der Waals surface area contributed by atoms with E-state index in [9.17, 15) is 4.79 Å². The van der Waals surface area contributed by atoms with E-state index in [1.807, 2.05) is 54.6 Å². The van der Waals surface area contributed by atoms with E-state index in [0.29, 0.717) is 23.3 Å². The van der Waals surface area contributed by atoms with E-state index in [1.165, 1.54) is 0 Å². The predicted octanol–water partition coefficient (Wildman–Crippen LogP) is 4.40. The first-order chi connectivity index (χ1) is 13.8. The average molecular weight is 410 g/mol. The monoisotopic (exact) mass is 409 g/mol. The largest absolute Gasteiger partial charge is 0.436 e. The molecule has 0 saturated carbocycles. The molecule has 2 bridgehead atoms. The van der Waals surface area contributed by atoms with E-state index >= 15 is 0 Å². The highest BCUT2D eigenvalue weighted by atomic mass is 35.5. The minimum Gasteiger partial charge on any atom is -0.436 e. The second-order valence-electron chi connectivity index (χ2n) is 7.53. The molecule has 1 N–H and O–H groups in total. The van der Waals surface area contributed by atoms with Crippen molar-refractivity contribution in [1.29, 1.82) is 0 Å². The SMILES string of the molecule is Cl.O=C(c1ccccc1-c1ncc(-c2ccccc2)o1)N1C2CCNCC1CC2. The molecule has 3 heterocycles. The number of hydrogen-bond acceptors (Lipinski definition) is 4. The summed E-state index contributed by atoms with van der Waals surface area (Å²) in [5.41, 5.74) is 2.40. The number of fused-ring (bicyclic) bond motifs is 2. The van der Waals surface area contributed by atoms with Gasteiger partial charge in [0, 0.05) is 29.8 Å². The maximum absolute atomic E-state index is 13.5. The number of hydrogen-bond donors (Lipinski definition) is 1. The van der Waals surface area contributed by atoms with Gasteiger partial charge in [-0.2, -0.15) is 0 Å². The third-order valence-corrected chi connectivity index (χ3v) is 5.84. The first-order valence-corrected chi connectivity index (χ1v) is 9.95. The van der Waals surface area contributed by atoms with Gasteiger partial charge in [-0.25, -0.2) is 4.98 Å². The molecule has 1 aromatic heterocycles. The molecule has 2 aliphatic rings. The Morgan fingerprint density at radius 2 is 1.76 bits per heavy atom. The lowest BCUT2D eigenvalue weighted by Gasteiger charge is -2.28. The number of carbonyl (C=O) groups is 1. The molecule has 150 valence electrons. The molecule has 0 aliphatic carbocycles. The predicted molar refractivity (Wildman–Crippen MR) is 115 cm³/mol. The highest BCUT2D eigenvalue weighted by molar-refractivity contribution is 6.00. The number of carbonyl (C=O) groups excluding carboxylic acids is 1. The average Bonchev–Trinajstić information content (AvgIpc) is 3.32. The summed E-state index contributed by atoms with van der Waals surface area (Å²) in [5.74, 6) is 1.28. The minimum absolute atomic E-state index is 0. The van der Waals surface area contributed by atoms with Crippen LogP contribution in [0.25, 0.3) is 22.8 Å². The summed E-state index contributed by atoms with van der Waals surface area (Å²) in [6, 6.07) is 18.1. The van der Waals surface area contributed by atoms with Crippen molar-refractivity contribution in [1.82, 2.24) is 15.2 Å². The van der Waals surface area contributed by atoms with Gasteiger partial charge in [-0.15, -0.1) is 12.4 Å². The molecule has 2 saturated heterocycles. The van der Waals surface area contributed by atoms with Gasteiger partial charge in [0.2, 0.25) is 5.89 Å². The molecule has 1 amide bonds. The molecule has 5 rings (SSSR count). The zero-order chi connectivity index (χ0) is 18.9. The van der Waals surface area contributed by atoms with Gasteiger partial charge in [0.15, 0.2) is 5.76 Å². The lowest BCUT2D eigenvalue weighted by Crippen LogP contribution is -2.42. The zero-order valence-corrected chi connectivity index (χ0v) is 16.9. The molecule has 2 aromatic carbocycles. The Bertz CT molecular complexity index is 975. The molecule has 2 aliphatic heterocycles. The van der Waals surface area contributed by atoms with Crippen molar-refractivity contribution in [2.24, 2.45) is 0 Å². The zero-order valence-electron chi connectivity index (χ0n) is 16.1. The van der Waals surface area contributed by atoms with E-state index in [0.717, 1.165) is 43.5 Å². The molecule has 3 aromatic rings. The highest BCUT2D eigenvalue weighted by Crippen LogP contribution is 2.33. The van der Waals surface area contributed by atoms with Crippen molar-refractivity contribution < 1.29 is 9.21 Å². The van der Waals surface area contributed by atoms with E-state index in [2.05, 4.69) is 15.2 Å². The summed E-state index contributed by atoms with van der Waals surface area (Å²) in [5, 5.41) is 3.46. The van der Waals surface area contributed by atoms with Gasteiger partial charge in [0.1, 0.15) is 0 Å². The van der Waals surface area contributed by atoms with Crippen LogP contribution in [0.3, 0.4) is 0 Å². The second kappa shape index (κ2) is 8.39. The molecule has 2 fully saturated rings. The van der Waals surface area contributed by atoms with Crippen molar-refractivity contribution in [2.45, 2.75) is 31.3 Å². The molecule has 5 nitrogen and oxygen atoms in total. The number of aromatic nitrogens is 1. The van der Waals surface area contributed by atoms with Crippen LogP contribution < -0.4 is 5.32 Å². The number of rotatable bonds is 3. The van der Waals surface area contributed by atoms with Crippen molar-refractivity contribution in [3.8, 4) is 22.8 Å². The van der Waals surface area contributed by atoms with Gasteiger partial charge in [-0.3, -0.25) is 4.79 Å². The van der Waals surface area contributed by atoms with E-state index in [1.54, 1.807) is 6.20 Å². The van der Waals surface area contributed by atoms with Crippen LogP contribution >= 0.6 is 12.4 Å². The van der Waals surface area contributed by atoms with Gasteiger partial charge in [-0.05, 0) is 37.9 Å². The summed E-state index contributed by atoms with van der Waals surface area (Å²) < 4.78 is 6.03. The molecule has 2 unspecified atom stereocenters. The number of nitrogens with zero attached hydrogens (tertiary/aromatic N) is 2. The first-order valence-electron chi connectivity index (χ1n) is 9.95. The van der Waals surface area contributed by atoms with Crippen molar-refractivity contribution in [3.05, 3.63) is 66.4 Å². The number of halogens is 1. The topological polar surface area (TPSA) is 58.4 Å². The Labute approximate surface area is 176 Å². The van der Waals surface area contributed by atoms with Crippen LogP contribution in [0.15, 0.2) is 65.2 Å². The normalized spacial score (nSPS) is 20.8. The third kappa shape index (κ3) is 3.68. The fraction of sp³-hybridized carbons (Fsp3) is 0.304. The second-order valence-corrected chi connectivity index (χ2v) is 7.53. The van der Waals surface area contributed by atoms with Gasteiger partial charge < -0.3 is 14.6 Å². The van der Waals surface area contributed by atoms with E-state index in [-0.39, 0.29) is 24.4 Å². The molecule has 0 radical (unpaired) electrons. The standard InChI is InChI=1S/C23H23N3O2.ClH/c27-23(26-17-10-11-18(26)14-24-13-12-17)20-9-5-4-8-19(20)22-25-15-21(28-22)16-6-2-1-3-7-16;/h1-9,15,17-18,24H,10-14H2;1H. The molecule has 6 heteroatoms. The maximum Gasteiger partial charge on any atom is 0.255 e. The summed E-state index contributed by atoms with van der Waals surface area (Å²) in [6.07, 6.45) is 4.91. The molecular formula is C23H24ClN3O2. The fourth-order valence-electron chi connectivity index (χ4n) is 4.44. The van der Waals surface area contributed by atoms with Gasteiger partial charge >= 0.3 is 0 Å². The summed E-state index contributed by atoms with van der Waals surface area (Å²) in [7, 11) is 0. The van der Waals surface area contributed by atoms with Gasteiger partial charge in [0.25, 0.3) is 5.91 Å². The quantitative estimate of drug-likeness (QED) is 0.696. The van der Waals surface area contributed by atoms with Crippen molar-refractivity contribution in [3.63, 3.8) is 0 Å². The van der Waals surface area contributed by atoms with Crippen LogP contribution in [0, 0.1) is 0 Å². The lowest BCUT2D eigenvalue weighted by atomic mass is 10.0. The van der Waals surface area contributed by atoms with Crippen molar-refractivity contribution in [2.75, 3.05) is 13.1 Å². The Hall–Kier alpha value is -2.63. The minimum atomic E-state index is 0. The van der Waals surface area contributed by atoms with Crippen LogP contribution in [0.4, 0.5) is 0 Å². The Balaban J connectivity index is 0.00000205. The Kier molecular flexibility index (Phi) is 5.69. The highest BCUT2D eigenvalue weighted by Gasteiger charge is 2.39. The van der Waals surface area contributed by atoms with Crippen LogP contribution in [0.1, 0.15) is 29.6 Å². The molecular weight excluding hydrogens is 386 g/mol. The van der Waals surface area contributed by atoms with E-state index < -0.39 is 0 Å². The maximum atomic E-state index is 13.5. The third-order valence-electron chi connectivity index (χ3n) is 5.84. The smallest absolute Gasteiger partial charge is 0.255 e. The van der Waals surface area contributed by atoms with Crippen LogP contribution in [-0.4, -0.2) is 41.0 Å². The lowest BCUT2D eigenvalue weighted by molar-refractivity contribution is 0.0681. The Morgan fingerprint density at radius 3 is 2.62 bits per heavy atom. The number of nitrogens with one attached hydrogen (secondary N) is 1. The number of benzene rings is 2. The van der Waals surface area contributed by atoms with E-state index in [4.69, 9.17) is 4.42 Å². The molecule has 0 spiro atoms.